The molecule has 0 aromatic heterocycles. The van der Waals surface area contributed by atoms with Gasteiger partial charge in [0.2, 0.25) is 0 Å². The van der Waals surface area contributed by atoms with Crippen molar-refractivity contribution in [2.24, 2.45) is 0 Å². The van der Waals surface area contributed by atoms with Gasteiger partial charge in [-0.15, -0.1) is 0 Å². The minimum atomic E-state index is -0.0595. The lowest BCUT2D eigenvalue weighted by atomic mass is 9.99. The van der Waals surface area contributed by atoms with Crippen LogP contribution in [0.15, 0.2) is 18.2 Å². The van der Waals surface area contributed by atoms with E-state index in [2.05, 4.69) is 13.0 Å². The second-order valence-electron chi connectivity index (χ2n) is 3.62. The van der Waals surface area contributed by atoms with Crippen LogP contribution in [0.5, 0.6) is 5.75 Å². The average Bonchev–Trinajstić information content (AvgIpc) is 2.28. The molecule has 0 saturated heterocycles. The molecule has 0 bridgehead atoms. The summed E-state index contributed by atoms with van der Waals surface area (Å²) in [6.07, 6.45) is 1.92. The van der Waals surface area contributed by atoms with Crippen molar-refractivity contribution in [1.82, 2.24) is 0 Å². The van der Waals surface area contributed by atoms with Gasteiger partial charge >= 0.3 is 0 Å². The summed E-state index contributed by atoms with van der Waals surface area (Å²) in [7, 11) is 0. The third-order valence-corrected chi connectivity index (χ3v) is 2.44. The molecule has 15 heavy (non-hydrogen) atoms. The number of aryl methyl sites for hydroxylation is 1. The summed E-state index contributed by atoms with van der Waals surface area (Å²) in [5.74, 6) is 0.802. The summed E-state index contributed by atoms with van der Waals surface area (Å²) in [6, 6.07) is 6.05. The molecule has 1 rings (SSSR count). The van der Waals surface area contributed by atoms with Gasteiger partial charge in [0.1, 0.15) is 12.0 Å². The van der Waals surface area contributed by atoms with Crippen LogP contribution in [0.25, 0.3) is 0 Å². The maximum absolute atomic E-state index is 10.7. The van der Waals surface area contributed by atoms with Crippen molar-refractivity contribution in [2.75, 3.05) is 6.61 Å². The second-order valence-corrected chi connectivity index (χ2v) is 3.62. The van der Waals surface area contributed by atoms with Gasteiger partial charge in [0.15, 0.2) is 0 Å². The van der Waals surface area contributed by atoms with Crippen LogP contribution >= 0.6 is 0 Å². The second kappa shape index (κ2) is 5.54. The van der Waals surface area contributed by atoms with E-state index < -0.39 is 0 Å². The van der Waals surface area contributed by atoms with Gasteiger partial charge in [-0.1, -0.05) is 19.9 Å². The van der Waals surface area contributed by atoms with E-state index in [0.29, 0.717) is 6.61 Å². The van der Waals surface area contributed by atoms with Gasteiger partial charge in [0.25, 0.3) is 0 Å². The summed E-state index contributed by atoms with van der Waals surface area (Å²) >= 11 is 0. The van der Waals surface area contributed by atoms with Gasteiger partial charge in [0, 0.05) is 5.92 Å². The number of ether oxygens (including phenoxy) is 1. The van der Waals surface area contributed by atoms with E-state index >= 15 is 0 Å². The number of benzene rings is 1. The zero-order chi connectivity index (χ0) is 11.3. The van der Waals surface area contributed by atoms with Crippen molar-refractivity contribution >= 4 is 6.29 Å². The first kappa shape index (κ1) is 11.8. The zero-order valence-electron chi connectivity index (χ0n) is 9.62. The molecule has 0 spiro atoms. The van der Waals surface area contributed by atoms with Gasteiger partial charge < -0.3 is 9.53 Å². The number of hydrogen-bond acceptors (Lipinski definition) is 2. The average molecular weight is 206 g/mol. The first-order chi connectivity index (χ1) is 7.21. The van der Waals surface area contributed by atoms with Crippen LogP contribution in [0.4, 0.5) is 0 Å². The Morgan fingerprint density at radius 2 is 2.07 bits per heavy atom. The highest BCUT2D eigenvalue weighted by molar-refractivity contribution is 5.62. The van der Waals surface area contributed by atoms with E-state index in [9.17, 15) is 4.79 Å². The molecule has 0 saturated carbocycles. The van der Waals surface area contributed by atoms with Gasteiger partial charge in [-0.3, -0.25) is 0 Å². The smallest absolute Gasteiger partial charge is 0.127 e. The topological polar surface area (TPSA) is 26.3 Å². The van der Waals surface area contributed by atoms with E-state index in [0.717, 1.165) is 24.0 Å². The molecule has 0 radical (unpaired) electrons. The standard InChI is InChI=1S/C13H18O2/c1-4-11-6-12(10(3)9-14)8-13(7-11)15-5-2/h6-10H,4-5H2,1-3H3. The molecule has 1 atom stereocenters. The van der Waals surface area contributed by atoms with Crippen LogP contribution in [-0.2, 0) is 11.2 Å². The molecule has 0 fully saturated rings. The SMILES string of the molecule is CCOc1cc(CC)cc(C(C)C=O)c1. The van der Waals surface area contributed by atoms with Crippen LogP contribution in [0.1, 0.15) is 37.8 Å². The molecule has 0 amide bonds. The molecule has 1 aromatic rings. The predicted molar refractivity (Wildman–Crippen MR) is 61.5 cm³/mol. The van der Waals surface area contributed by atoms with Crippen molar-refractivity contribution in [1.29, 1.82) is 0 Å². The van der Waals surface area contributed by atoms with Crippen LogP contribution in [0, 0.1) is 0 Å². The number of carbonyl (C=O) groups is 1. The van der Waals surface area contributed by atoms with Crippen LogP contribution in [0.3, 0.4) is 0 Å². The molecule has 0 aliphatic carbocycles. The van der Waals surface area contributed by atoms with Gasteiger partial charge in [-0.2, -0.15) is 0 Å². The third kappa shape index (κ3) is 3.08. The lowest BCUT2D eigenvalue weighted by Crippen LogP contribution is -1.99. The van der Waals surface area contributed by atoms with Crippen molar-refractivity contribution in [2.45, 2.75) is 33.1 Å². The molecule has 0 N–H and O–H groups in total. The van der Waals surface area contributed by atoms with Crippen LogP contribution in [0.2, 0.25) is 0 Å². The molecule has 1 unspecified atom stereocenters. The van der Waals surface area contributed by atoms with E-state index in [1.165, 1.54) is 5.56 Å². The minimum absolute atomic E-state index is 0.0595. The maximum atomic E-state index is 10.7. The summed E-state index contributed by atoms with van der Waals surface area (Å²) in [5, 5.41) is 0. The Morgan fingerprint density at radius 3 is 2.60 bits per heavy atom. The first-order valence-corrected chi connectivity index (χ1v) is 5.43. The molecule has 0 heterocycles. The number of carbonyl (C=O) groups excluding carboxylic acids is 1. The summed E-state index contributed by atoms with van der Waals surface area (Å²) in [5.41, 5.74) is 2.25. The van der Waals surface area contributed by atoms with E-state index in [1.807, 2.05) is 26.0 Å². The molecule has 2 heteroatoms. The fourth-order valence-corrected chi connectivity index (χ4v) is 1.48. The number of aldehydes is 1. The zero-order valence-corrected chi connectivity index (χ0v) is 9.62. The first-order valence-electron chi connectivity index (χ1n) is 5.43. The lowest BCUT2D eigenvalue weighted by molar-refractivity contribution is -0.108. The molecular weight excluding hydrogens is 188 g/mol. The highest BCUT2D eigenvalue weighted by Crippen LogP contribution is 2.22. The fraction of sp³-hybridized carbons (Fsp3) is 0.462. The largest absolute Gasteiger partial charge is 0.494 e. The van der Waals surface area contributed by atoms with Crippen LogP contribution in [-0.4, -0.2) is 12.9 Å². The highest BCUT2D eigenvalue weighted by Gasteiger charge is 2.07. The normalized spacial score (nSPS) is 12.2. The Morgan fingerprint density at radius 1 is 1.33 bits per heavy atom. The van der Waals surface area contributed by atoms with Gasteiger partial charge in [0.05, 0.1) is 6.61 Å². The fourth-order valence-electron chi connectivity index (χ4n) is 1.48. The number of hydrogen-bond donors (Lipinski definition) is 0. The van der Waals surface area contributed by atoms with E-state index in [-0.39, 0.29) is 5.92 Å². The summed E-state index contributed by atoms with van der Waals surface area (Å²) in [6.45, 7) is 6.61. The van der Waals surface area contributed by atoms with Gasteiger partial charge in [-0.05, 0) is 36.6 Å². The predicted octanol–water partition coefficient (Wildman–Crippen LogP) is 2.95. The molecular formula is C13H18O2. The van der Waals surface area contributed by atoms with Gasteiger partial charge in [-0.25, -0.2) is 0 Å². The minimum Gasteiger partial charge on any atom is -0.494 e. The summed E-state index contributed by atoms with van der Waals surface area (Å²) < 4.78 is 5.47. The Kier molecular flexibility index (Phi) is 4.35. The monoisotopic (exact) mass is 206 g/mol. The van der Waals surface area contributed by atoms with Crippen LogP contribution < -0.4 is 4.74 Å². The molecule has 82 valence electrons. The Balaban J connectivity index is 3.04. The number of rotatable bonds is 5. The highest BCUT2D eigenvalue weighted by atomic mass is 16.5. The Bertz CT molecular complexity index is 331. The lowest BCUT2D eigenvalue weighted by Gasteiger charge is -2.10. The van der Waals surface area contributed by atoms with Crippen molar-refractivity contribution < 1.29 is 9.53 Å². The third-order valence-electron chi connectivity index (χ3n) is 2.44. The van der Waals surface area contributed by atoms with Crippen molar-refractivity contribution in [3.8, 4) is 5.75 Å². The molecule has 2 nitrogen and oxygen atoms in total. The molecule has 1 aromatic carbocycles. The summed E-state index contributed by atoms with van der Waals surface area (Å²) in [4.78, 5) is 10.7. The van der Waals surface area contributed by atoms with Crippen molar-refractivity contribution in [3.63, 3.8) is 0 Å². The molecule has 0 aliphatic rings. The van der Waals surface area contributed by atoms with E-state index in [1.54, 1.807) is 0 Å². The Labute approximate surface area is 91.3 Å². The molecule has 0 aliphatic heterocycles. The van der Waals surface area contributed by atoms with Crippen molar-refractivity contribution in [3.05, 3.63) is 29.3 Å². The Hall–Kier alpha value is -1.31. The maximum Gasteiger partial charge on any atom is 0.127 e. The quantitative estimate of drug-likeness (QED) is 0.692. The van der Waals surface area contributed by atoms with E-state index in [4.69, 9.17) is 4.74 Å².